The minimum atomic E-state index is -0.311. The molecule has 0 fully saturated rings. The Labute approximate surface area is 169 Å². The van der Waals surface area contributed by atoms with Crippen molar-refractivity contribution in [2.45, 2.75) is 6.42 Å². The van der Waals surface area contributed by atoms with Crippen molar-refractivity contribution in [1.29, 1.82) is 0 Å². The van der Waals surface area contributed by atoms with Gasteiger partial charge in [0.15, 0.2) is 5.96 Å². The van der Waals surface area contributed by atoms with Crippen LogP contribution in [-0.4, -0.2) is 37.7 Å². The van der Waals surface area contributed by atoms with Crippen LogP contribution in [0.2, 0.25) is 5.15 Å². The third kappa shape index (κ3) is 8.35. The number of aliphatic imine (C=N–C) groups is 1. The number of nitrogens with zero attached hydrogens (tertiary/aromatic N) is 2. The van der Waals surface area contributed by atoms with Crippen molar-refractivity contribution in [2.75, 3.05) is 26.7 Å². The van der Waals surface area contributed by atoms with E-state index in [1.165, 1.54) is 12.1 Å². The number of hydrogen-bond donors (Lipinski definition) is 2. The molecule has 0 radical (unpaired) electrons. The van der Waals surface area contributed by atoms with Crippen molar-refractivity contribution in [2.24, 2.45) is 4.99 Å². The third-order valence-electron chi connectivity index (χ3n) is 3.18. The average molecular weight is 479 g/mol. The lowest BCUT2D eigenvalue weighted by molar-refractivity contribution is 0.320. The molecule has 5 nitrogen and oxygen atoms in total. The molecule has 0 spiro atoms. The normalized spacial score (nSPS) is 10.8. The molecule has 136 valence electrons. The second-order valence-corrected chi connectivity index (χ2v) is 5.36. The minimum absolute atomic E-state index is 0. The maximum atomic E-state index is 13.0. The van der Waals surface area contributed by atoms with Gasteiger partial charge in [-0.05, 0) is 30.2 Å². The van der Waals surface area contributed by atoms with Gasteiger partial charge in [0, 0.05) is 25.9 Å². The average Bonchev–Trinajstić information content (AvgIpc) is 2.59. The van der Waals surface area contributed by atoms with Gasteiger partial charge < -0.3 is 15.4 Å². The van der Waals surface area contributed by atoms with Gasteiger partial charge in [-0.15, -0.1) is 24.0 Å². The molecule has 0 bridgehead atoms. The fourth-order valence-electron chi connectivity index (χ4n) is 2.00. The van der Waals surface area contributed by atoms with E-state index in [-0.39, 0.29) is 29.8 Å². The molecule has 2 N–H and O–H groups in total. The van der Waals surface area contributed by atoms with Crippen molar-refractivity contribution >= 4 is 41.5 Å². The molecule has 1 aromatic carbocycles. The van der Waals surface area contributed by atoms with Gasteiger partial charge in [-0.3, -0.25) is 4.99 Å². The second kappa shape index (κ2) is 11.9. The summed E-state index contributed by atoms with van der Waals surface area (Å²) in [5.74, 6) is 0.879. The summed E-state index contributed by atoms with van der Waals surface area (Å²) in [6.45, 7) is 1.68. The van der Waals surface area contributed by atoms with Crippen LogP contribution < -0.4 is 15.4 Å². The number of benzene rings is 1. The van der Waals surface area contributed by atoms with E-state index in [9.17, 15) is 4.39 Å². The molecular formula is C17H21ClFIN4O. The largest absolute Gasteiger partial charge is 0.492 e. The number of rotatable bonds is 7. The van der Waals surface area contributed by atoms with E-state index in [0.717, 1.165) is 12.0 Å². The molecule has 8 heteroatoms. The van der Waals surface area contributed by atoms with Gasteiger partial charge in [-0.2, -0.15) is 0 Å². The zero-order valence-corrected chi connectivity index (χ0v) is 16.9. The highest BCUT2D eigenvalue weighted by molar-refractivity contribution is 14.0. The summed E-state index contributed by atoms with van der Waals surface area (Å²) in [6, 6.07) is 9.79. The first kappa shape index (κ1) is 21.4. The number of guanidine groups is 1. The van der Waals surface area contributed by atoms with Crippen LogP contribution >= 0.6 is 35.6 Å². The highest BCUT2D eigenvalue weighted by Crippen LogP contribution is 2.11. The van der Waals surface area contributed by atoms with Gasteiger partial charge in [0.2, 0.25) is 0 Å². The van der Waals surface area contributed by atoms with Gasteiger partial charge >= 0.3 is 0 Å². The number of halogens is 3. The summed E-state index contributed by atoms with van der Waals surface area (Å²) in [6.07, 6.45) is 2.57. The number of aromatic nitrogens is 1. The molecule has 1 heterocycles. The van der Waals surface area contributed by atoms with Crippen molar-refractivity contribution in [3.63, 3.8) is 0 Å². The topological polar surface area (TPSA) is 58.5 Å². The van der Waals surface area contributed by atoms with Gasteiger partial charge in [0.25, 0.3) is 0 Å². The van der Waals surface area contributed by atoms with Crippen LogP contribution in [0.1, 0.15) is 5.56 Å². The molecule has 0 saturated heterocycles. The van der Waals surface area contributed by atoms with E-state index in [1.807, 2.05) is 6.07 Å². The third-order valence-corrected chi connectivity index (χ3v) is 3.40. The molecule has 0 atom stereocenters. The van der Waals surface area contributed by atoms with Gasteiger partial charge in [0.1, 0.15) is 23.3 Å². The van der Waals surface area contributed by atoms with Crippen LogP contribution in [0.3, 0.4) is 0 Å². The Morgan fingerprint density at radius 2 is 2.04 bits per heavy atom. The molecule has 2 rings (SSSR count). The first-order chi connectivity index (χ1) is 11.7. The molecule has 2 aromatic rings. The summed E-state index contributed by atoms with van der Waals surface area (Å²) in [4.78, 5) is 8.18. The van der Waals surface area contributed by atoms with Crippen LogP contribution in [0.25, 0.3) is 0 Å². The maximum Gasteiger partial charge on any atom is 0.191 e. The van der Waals surface area contributed by atoms with Crippen molar-refractivity contribution < 1.29 is 9.13 Å². The van der Waals surface area contributed by atoms with E-state index in [1.54, 1.807) is 31.4 Å². The van der Waals surface area contributed by atoms with E-state index >= 15 is 0 Å². The standard InChI is InChI=1S/C17H20ClFN4O.HI/c1-20-17(21-8-7-13-5-6-16(18)23-12-13)22-9-10-24-15-4-2-3-14(19)11-15;/h2-6,11-12H,7-10H2,1H3,(H2,20,21,22);1H. The fourth-order valence-corrected chi connectivity index (χ4v) is 2.11. The van der Waals surface area contributed by atoms with Crippen LogP contribution in [-0.2, 0) is 6.42 Å². The summed E-state index contributed by atoms with van der Waals surface area (Å²) >= 11 is 5.75. The molecular weight excluding hydrogens is 458 g/mol. The predicted molar refractivity (Wildman–Crippen MR) is 110 cm³/mol. The van der Waals surface area contributed by atoms with E-state index in [4.69, 9.17) is 16.3 Å². The molecule has 0 aliphatic rings. The van der Waals surface area contributed by atoms with Crippen molar-refractivity contribution in [1.82, 2.24) is 15.6 Å². The van der Waals surface area contributed by atoms with Crippen LogP contribution in [0, 0.1) is 5.82 Å². The summed E-state index contributed by atoms with van der Waals surface area (Å²) in [5, 5.41) is 6.82. The lowest BCUT2D eigenvalue weighted by Crippen LogP contribution is -2.40. The number of pyridine rings is 1. The van der Waals surface area contributed by atoms with Crippen LogP contribution in [0.4, 0.5) is 4.39 Å². The molecule has 25 heavy (non-hydrogen) atoms. The lowest BCUT2D eigenvalue weighted by Gasteiger charge is -2.12. The smallest absolute Gasteiger partial charge is 0.191 e. The number of ether oxygens (including phenoxy) is 1. The fraction of sp³-hybridized carbons (Fsp3) is 0.294. The Bertz CT molecular complexity index is 670. The molecule has 1 aromatic heterocycles. The SMILES string of the molecule is CN=C(NCCOc1cccc(F)c1)NCCc1ccc(Cl)nc1.I. The minimum Gasteiger partial charge on any atom is -0.492 e. The summed E-state index contributed by atoms with van der Waals surface area (Å²) in [7, 11) is 1.70. The van der Waals surface area contributed by atoms with Crippen molar-refractivity contribution in [3.8, 4) is 5.75 Å². The Morgan fingerprint density at radius 3 is 2.72 bits per heavy atom. The molecule has 0 aliphatic heterocycles. The molecule has 0 amide bonds. The monoisotopic (exact) mass is 478 g/mol. The van der Waals surface area contributed by atoms with Gasteiger partial charge in [0.05, 0.1) is 6.54 Å². The Hall–Kier alpha value is -1.61. The highest BCUT2D eigenvalue weighted by atomic mass is 127. The van der Waals surface area contributed by atoms with E-state index < -0.39 is 0 Å². The molecule has 0 aliphatic carbocycles. The lowest BCUT2D eigenvalue weighted by atomic mass is 10.2. The first-order valence-electron chi connectivity index (χ1n) is 7.60. The maximum absolute atomic E-state index is 13.0. The Balaban J connectivity index is 0.00000312. The zero-order valence-electron chi connectivity index (χ0n) is 13.8. The zero-order chi connectivity index (χ0) is 17.2. The highest BCUT2D eigenvalue weighted by Gasteiger charge is 2.00. The number of nitrogens with one attached hydrogen (secondary N) is 2. The van der Waals surface area contributed by atoms with E-state index in [2.05, 4.69) is 20.6 Å². The summed E-state index contributed by atoms with van der Waals surface area (Å²) in [5.41, 5.74) is 1.09. The second-order valence-electron chi connectivity index (χ2n) is 4.97. The van der Waals surface area contributed by atoms with Gasteiger partial charge in [-0.1, -0.05) is 23.7 Å². The quantitative estimate of drug-likeness (QED) is 0.211. The number of hydrogen-bond acceptors (Lipinski definition) is 3. The summed E-state index contributed by atoms with van der Waals surface area (Å²) < 4.78 is 18.5. The van der Waals surface area contributed by atoms with E-state index in [0.29, 0.717) is 36.6 Å². The Morgan fingerprint density at radius 1 is 1.24 bits per heavy atom. The molecule has 0 saturated carbocycles. The van der Waals surface area contributed by atoms with Gasteiger partial charge in [-0.25, -0.2) is 9.37 Å². The predicted octanol–water partition coefficient (Wildman–Crippen LogP) is 3.28. The Kier molecular flexibility index (Phi) is 10.2. The van der Waals surface area contributed by atoms with Crippen LogP contribution in [0.15, 0.2) is 47.6 Å². The van der Waals surface area contributed by atoms with Crippen molar-refractivity contribution in [3.05, 3.63) is 59.1 Å². The van der Waals surface area contributed by atoms with Crippen LogP contribution in [0.5, 0.6) is 5.75 Å². The first-order valence-corrected chi connectivity index (χ1v) is 7.98. The molecule has 0 unspecified atom stereocenters.